The molecule has 1 rings (SSSR count). The highest BCUT2D eigenvalue weighted by Crippen LogP contribution is 2.22. The number of carboxylic acids is 1. The molecule has 4 N–H and O–H groups in total. The van der Waals surface area contributed by atoms with Gasteiger partial charge in [-0.25, -0.2) is 9.59 Å². The smallest absolute Gasteiger partial charge is 0.408 e. The molecule has 1 aromatic carbocycles. The summed E-state index contributed by atoms with van der Waals surface area (Å²) in [5.74, 6) is -0.875. The maximum atomic E-state index is 11.7. The number of nitrogens with two attached hydrogens (primary N) is 1. The highest BCUT2D eigenvalue weighted by molar-refractivity contribution is 5.80. The van der Waals surface area contributed by atoms with Crippen molar-refractivity contribution in [1.82, 2.24) is 5.32 Å². The highest BCUT2D eigenvalue weighted by Gasteiger charge is 2.30. The molecule has 22 heavy (non-hydrogen) atoms. The minimum Gasteiger partial charge on any atom is -0.486 e. The highest BCUT2D eigenvalue weighted by atomic mass is 16.6. The molecule has 0 spiro atoms. The molecule has 122 valence electrons. The Hall–Kier alpha value is -2.44. The largest absolute Gasteiger partial charge is 0.486 e. The van der Waals surface area contributed by atoms with E-state index in [1.54, 1.807) is 45.0 Å². The summed E-state index contributed by atoms with van der Waals surface area (Å²) in [5.41, 5.74) is 5.41. The lowest BCUT2D eigenvalue weighted by molar-refractivity contribution is -0.141. The number of benzene rings is 1. The van der Waals surface area contributed by atoms with Gasteiger partial charge >= 0.3 is 12.1 Å². The van der Waals surface area contributed by atoms with Crippen LogP contribution in [-0.2, 0) is 9.53 Å². The van der Waals surface area contributed by atoms with Gasteiger partial charge in [0.05, 0.1) is 5.69 Å². The normalized spacial score (nSPS) is 13.8. The van der Waals surface area contributed by atoms with Crippen molar-refractivity contribution >= 4 is 17.7 Å². The number of para-hydroxylation sites is 2. The van der Waals surface area contributed by atoms with E-state index in [-0.39, 0.29) is 0 Å². The van der Waals surface area contributed by atoms with Gasteiger partial charge < -0.3 is 25.6 Å². The number of carbonyl (C=O) groups excluding carboxylic acids is 1. The Morgan fingerprint density at radius 2 is 1.86 bits per heavy atom. The van der Waals surface area contributed by atoms with Crippen LogP contribution in [0.1, 0.15) is 27.7 Å². The van der Waals surface area contributed by atoms with Gasteiger partial charge in [-0.1, -0.05) is 12.1 Å². The summed E-state index contributed by atoms with van der Waals surface area (Å²) < 4.78 is 10.6. The first kappa shape index (κ1) is 17.6. The number of hydrogen-bond acceptors (Lipinski definition) is 5. The maximum Gasteiger partial charge on any atom is 0.408 e. The van der Waals surface area contributed by atoms with Crippen molar-refractivity contribution < 1.29 is 24.2 Å². The number of alkyl carbamates (subject to hydrolysis) is 1. The number of anilines is 1. The first-order valence-electron chi connectivity index (χ1n) is 6.83. The van der Waals surface area contributed by atoms with E-state index in [1.165, 1.54) is 6.92 Å². The van der Waals surface area contributed by atoms with Crippen molar-refractivity contribution in [1.29, 1.82) is 0 Å². The quantitative estimate of drug-likeness (QED) is 0.717. The van der Waals surface area contributed by atoms with Crippen molar-refractivity contribution in [3.05, 3.63) is 24.3 Å². The van der Waals surface area contributed by atoms with Gasteiger partial charge in [0, 0.05) is 0 Å². The van der Waals surface area contributed by atoms with Crippen LogP contribution in [0.25, 0.3) is 0 Å². The third-order valence-electron chi connectivity index (χ3n) is 2.64. The molecule has 1 aromatic rings. The molecule has 0 aliphatic carbocycles. The number of aliphatic carboxylic acids is 1. The molecule has 0 saturated carbocycles. The van der Waals surface area contributed by atoms with Crippen LogP contribution in [0.4, 0.5) is 10.5 Å². The molecule has 7 nitrogen and oxygen atoms in total. The number of nitrogens with one attached hydrogen (secondary N) is 1. The maximum absolute atomic E-state index is 11.7. The molecule has 0 aromatic heterocycles. The molecular formula is C15H22N2O5. The molecule has 0 heterocycles. The van der Waals surface area contributed by atoms with Crippen molar-refractivity contribution in [3.8, 4) is 5.75 Å². The fourth-order valence-corrected chi connectivity index (χ4v) is 1.67. The number of carboxylic acid groups (broad SMARTS) is 1. The third-order valence-corrected chi connectivity index (χ3v) is 2.64. The van der Waals surface area contributed by atoms with Crippen LogP contribution in [0.3, 0.4) is 0 Å². The zero-order valence-corrected chi connectivity index (χ0v) is 13.1. The predicted molar refractivity (Wildman–Crippen MR) is 81.7 cm³/mol. The van der Waals surface area contributed by atoms with E-state index in [0.717, 1.165) is 0 Å². The minimum atomic E-state index is -1.27. The number of carbonyl (C=O) groups is 2. The second-order valence-corrected chi connectivity index (χ2v) is 5.82. The van der Waals surface area contributed by atoms with Crippen LogP contribution in [0.15, 0.2) is 24.3 Å². The van der Waals surface area contributed by atoms with Gasteiger partial charge in [0.25, 0.3) is 0 Å². The van der Waals surface area contributed by atoms with E-state index >= 15 is 0 Å². The Balaban J connectivity index is 2.76. The Labute approximate surface area is 129 Å². The lowest BCUT2D eigenvalue weighted by Gasteiger charge is -2.25. The van der Waals surface area contributed by atoms with Crippen LogP contribution in [0.2, 0.25) is 0 Å². The molecule has 0 aliphatic rings. The molecule has 0 aliphatic heterocycles. The van der Waals surface area contributed by atoms with Gasteiger partial charge in [-0.2, -0.15) is 0 Å². The van der Waals surface area contributed by atoms with Crippen LogP contribution in [0.5, 0.6) is 5.75 Å². The number of nitrogen functional groups attached to an aromatic ring is 1. The number of rotatable bonds is 5. The molecule has 0 saturated heterocycles. The zero-order chi connectivity index (χ0) is 16.9. The second kappa shape index (κ2) is 7.02. The summed E-state index contributed by atoms with van der Waals surface area (Å²) in [6.45, 7) is 6.59. The van der Waals surface area contributed by atoms with Gasteiger partial charge in [0.1, 0.15) is 17.5 Å². The first-order valence-corrected chi connectivity index (χ1v) is 6.83. The van der Waals surface area contributed by atoms with Crippen LogP contribution in [-0.4, -0.2) is 34.9 Å². The van der Waals surface area contributed by atoms with E-state index in [4.69, 9.17) is 15.2 Å². The number of hydrogen-bond donors (Lipinski definition) is 3. The Bertz CT molecular complexity index is 539. The van der Waals surface area contributed by atoms with E-state index in [0.29, 0.717) is 11.4 Å². The summed E-state index contributed by atoms with van der Waals surface area (Å²) in [4.78, 5) is 23.1. The van der Waals surface area contributed by atoms with Crippen LogP contribution in [0, 0.1) is 0 Å². The second-order valence-electron chi connectivity index (χ2n) is 5.82. The number of amides is 1. The molecule has 0 radical (unpaired) electrons. The summed E-state index contributed by atoms with van der Waals surface area (Å²) in [6, 6.07) is 5.45. The predicted octanol–water partition coefficient (Wildman–Crippen LogP) is 2.01. The molecule has 2 atom stereocenters. The summed E-state index contributed by atoms with van der Waals surface area (Å²) >= 11 is 0. The summed E-state index contributed by atoms with van der Waals surface area (Å²) in [7, 11) is 0. The van der Waals surface area contributed by atoms with Crippen molar-refractivity contribution in [2.24, 2.45) is 0 Å². The topological polar surface area (TPSA) is 111 Å². The standard InChI is InChI=1S/C15H22N2O5/c1-9(21-11-8-6-5-7-10(11)16)12(13(18)19)17-14(20)22-15(2,3)4/h5-9,12H,16H2,1-4H3,(H,17,20)(H,18,19)/t9-,12+/m0/s1. The Morgan fingerprint density at radius 1 is 1.27 bits per heavy atom. The monoisotopic (exact) mass is 310 g/mol. The van der Waals surface area contributed by atoms with Gasteiger partial charge in [0.15, 0.2) is 6.04 Å². The van der Waals surface area contributed by atoms with Crippen molar-refractivity contribution in [2.45, 2.75) is 45.4 Å². The van der Waals surface area contributed by atoms with Gasteiger partial charge in [-0.15, -0.1) is 0 Å². The fourth-order valence-electron chi connectivity index (χ4n) is 1.67. The van der Waals surface area contributed by atoms with Gasteiger partial charge in [-0.3, -0.25) is 0 Å². The SMILES string of the molecule is C[C@H](Oc1ccccc1N)[C@@H](NC(=O)OC(C)(C)C)C(=O)O. The van der Waals surface area contributed by atoms with Crippen molar-refractivity contribution in [2.75, 3.05) is 5.73 Å². The lowest BCUT2D eigenvalue weighted by atomic mass is 10.2. The van der Waals surface area contributed by atoms with Crippen LogP contribution >= 0.6 is 0 Å². The van der Waals surface area contributed by atoms with E-state index < -0.39 is 29.8 Å². The molecule has 0 unspecified atom stereocenters. The van der Waals surface area contributed by atoms with Crippen molar-refractivity contribution in [3.63, 3.8) is 0 Å². The molecular weight excluding hydrogens is 288 g/mol. The third kappa shape index (κ3) is 5.51. The average molecular weight is 310 g/mol. The summed E-state index contributed by atoms with van der Waals surface area (Å²) in [5, 5.41) is 11.5. The molecule has 0 fully saturated rings. The first-order chi connectivity index (χ1) is 10.1. The Kier molecular flexibility index (Phi) is 5.62. The Morgan fingerprint density at radius 3 is 2.36 bits per heavy atom. The minimum absolute atomic E-state index is 0.354. The molecule has 7 heteroatoms. The van der Waals surface area contributed by atoms with Gasteiger partial charge in [-0.05, 0) is 39.8 Å². The number of ether oxygens (including phenoxy) is 2. The van der Waals surface area contributed by atoms with E-state index in [2.05, 4.69) is 5.32 Å². The zero-order valence-electron chi connectivity index (χ0n) is 13.1. The molecule has 0 bridgehead atoms. The van der Waals surface area contributed by atoms with E-state index in [1.807, 2.05) is 0 Å². The fraction of sp³-hybridized carbons (Fsp3) is 0.467. The van der Waals surface area contributed by atoms with E-state index in [9.17, 15) is 14.7 Å². The molecule has 1 amide bonds. The van der Waals surface area contributed by atoms with Gasteiger partial charge in [0.2, 0.25) is 0 Å². The average Bonchev–Trinajstić information content (AvgIpc) is 2.36. The van der Waals surface area contributed by atoms with Crippen LogP contribution < -0.4 is 15.8 Å². The lowest BCUT2D eigenvalue weighted by Crippen LogP contribution is -2.51. The summed E-state index contributed by atoms with van der Waals surface area (Å²) in [6.07, 6.45) is -1.66.